The van der Waals surface area contributed by atoms with Gasteiger partial charge in [0, 0.05) is 12.3 Å². The van der Waals surface area contributed by atoms with E-state index < -0.39 is 23.7 Å². The van der Waals surface area contributed by atoms with Crippen molar-refractivity contribution in [1.82, 2.24) is 4.98 Å². The summed E-state index contributed by atoms with van der Waals surface area (Å²) in [6, 6.07) is 7.65. The van der Waals surface area contributed by atoms with E-state index in [9.17, 15) is 22.4 Å². The smallest absolute Gasteiger partial charge is 0.505 e. The molecule has 0 spiro atoms. The number of nitrogens with one attached hydrogen (secondary N) is 1. The number of alkyl halides is 3. The van der Waals surface area contributed by atoms with Crippen molar-refractivity contribution in [3.8, 4) is 11.5 Å². The Balaban J connectivity index is 0.000000412. The van der Waals surface area contributed by atoms with E-state index in [1.54, 1.807) is 18.3 Å². The molecule has 1 aromatic heterocycles. The average Bonchev–Trinajstić information content (AvgIpc) is 2.46. The van der Waals surface area contributed by atoms with E-state index in [4.69, 9.17) is 5.11 Å². The molecule has 122 valence electrons. The summed E-state index contributed by atoms with van der Waals surface area (Å²) >= 11 is 0. The molecule has 22 heavy (non-hydrogen) atoms. The molecule has 0 amide bonds. The van der Waals surface area contributed by atoms with Crippen LogP contribution in [0.25, 0.3) is 0 Å². The Morgan fingerprint density at radius 2 is 1.73 bits per heavy atom. The maximum absolute atomic E-state index is 12.7. The van der Waals surface area contributed by atoms with E-state index in [1.807, 2.05) is 13.8 Å². The third kappa shape index (κ3) is 7.93. The first kappa shape index (κ1) is 19.5. The number of hydrogen-bond acceptors (Lipinski definition) is 3. The lowest BCUT2D eigenvalue weighted by Gasteiger charge is -2.09. The number of halogens is 4. The summed E-state index contributed by atoms with van der Waals surface area (Å²) in [5, 5.41) is 8.67. The van der Waals surface area contributed by atoms with Gasteiger partial charge in [0.05, 0.1) is 0 Å². The molecule has 0 radical (unpaired) electrons. The van der Waals surface area contributed by atoms with Gasteiger partial charge in [-0.1, -0.05) is 26.0 Å². The zero-order chi connectivity index (χ0) is 17.2. The highest BCUT2D eigenvalue weighted by Gasteiger charge is 2.32. The molecule has 0 atom stereocenters. The molecule has 2 N–H and O–H groups in total. The van der Waals surface area contributed by atoms with Crippen molar-refractivity contribution in [2.75, 3.05) is 0 Å². The number of hydrogen-bond donors (Lipinski definition) is 2. The summed E-state index contributed by atoms with van der Waals surface area (Å²) in [5.74, 6) is -3.37. The van der Waals surface area contributed by atoms with Crippen molar-refractivity contribution in [3.63, 3.8) is 0 Å². The van der Waals surface area contributed by atoms with Gasteiger partial charge in [0.15, 0.2) is 11.5 Å². The van der Waals surface area contributed by atoms with Crippen LogP contribution in [0.2, 0.25) is 0 Å². The second kappa shape index (κ2) is 9.43. The molecule has 0 saturated carbocycles. The van der Waals surface area contributed by atoms with Crippen molar-refractivity contribution in [3.05, 3.63) is 58.8 Å². The van der Waals surface area contributed by atoms with Crippen LogP contribution in [0.4, 0.5) is 17.6 Å². The second-order valence-corrected chi connectivity index (χ2v) is 3.36. The fourth-order valence-electron chi connectivity index (χ4n) is 1.08. The summed E-state index contributed by atoms with van der Waals surface area (Å²) < 4.78 is 50.7. The van der Waals surface area contributed by atoms with E-state index in [0.717, 1.165) is 18.2 Å². The van der Waals surface area contributed by atoms with Gasteiger partial charge in [-0.25, -0.2) is 0 Å². The molecule has 0 aliphatic carbocycles. The van der Waals surface area contributed by atoms with Gasteiger partial charge >= 0.3 is 6.36 Å². The first-order valence-corrected chi connectivity index (χ1v) is 6.16. The van der Waals surface area contributed by atoms with E-state index in [-0.39, 0.29) is 5.56 Å². The zero-order valence-corrected chi connectivity index (χ0v) is 11.8. The number of H-pyrrole nitrogens is 1. The molecule has 0 aliphatic heterocycles. The van der Waals surface area contributed by atoms with Gasteiger partial charge in [-0.15, -0.1) is 13.2 Å². The number of benzene rings is 1. The molecule has 4 nitrogen and oxygen atoms in total. The fourth-order valence-corrected chi connectivity index (χ4v) is 1.08. The first-order chi connectivity index (χ1) is 10.3. The normalized spacial score (nSPS) is 9.73. The highest BCUT2D eigenvalue weighted by molar-refractivity contribution is 5.34. The summed E-state index contributed by atoms with van der Waals surface area (Å²) in [5.41, 5.74) is -0.0532. The highest BCUT2D eigenvalue weighted by Crippen LogP contribution is 2.29. The van der Waals surface area contributed by atoms with E-state index >= 15 is 0 Å². The maximum atomic E-state index is 12.7. The van der Waals surface area contributed by atoms with Gasteiger partial charge in [0.2, 0.25) is 11.4 Å². The molecule has 2 aromatic rings. The number of phenols is 1. The van der Waals surface area contributed by atoms with Crippen LogP contribution in [-0.2, 0) is 0 Å². The minimum atomic E-state index is -4.96. The number of phenolic OH excluding ortho intramolecular Hbond substituents is 1. The van der Waals surface area contributed by atoms with Crippen molar-refractivity contribution >= 4 is 0 Å². The van der Waals surface area contributed by atoms with Gasteiger partial charge in [-0.05, 0) is 18.2 Å². The molecule has 0 aliphatic rings. The molecule has 8 heteroatoms. The zero-order valence-electron chi connectivity index (χ0n) is 11.8. The van der Waals surface area contributed by atoms with Crippen LogP contribution in [0, 0.1) is 5.82 Å². The average molecular weight is 321 g/mol. The van der Waals surface area contributed by atoms with Crippen LogP contribution in [-0.4, -0.2) is 16.5 Å². The lowest BCUT2D eigenvalue weighted by atomic mass is 10.3. The number of aromatic hydroxyl groups is 1. The SMILES string of the molecule is CC.O=c1cccc[nH]1.Oc1cccc(OC(F)(F)F)c1F. The molecule has 0 fully saturated rings. The van der Waals surface area contributed by atoms with Crippen LogP contribution in [0.5, 0.6) is 11.5 Å². The lowest BCUT2D eigenvalue weighted by Crippen LogP contribution is -2.17. The summed E-state index contributed by atoms with van der Waals surface area (Å²) in [6.45, 7) is 4.00. The van der Waals surface area contributed by atoms with Crippen LogP contribution in [0.3, 0.4) is 0 Å². The molecular weight excluding hydrogens is 306 g/mol. The van der Waals surface area contributed by atoms with Gasteiger partial charge < -0.3 is 14.8 Å². The molecule has 0 saturated heterocycles. The molecule has 0 bridgehead atoms. The quantitative estimate of drug-likeness (QED) is 0.785. The van der Waals surface area contributed by atoms with Crippen molar-refractivity contribution in [2.24, 2.45) is 0 Å². The standard InChI is InChI=1S/C7H4F4O2.C5H5NO.C2H6/c8-6-4(12)2-1-3-5(6)13-7(9,10)11;7-5-3-1-2-4-6-5;1-2/h1-3,12H;1-4H,(H,6,7);1-2H3. The number of aromatic amines is 1. The Kier molecular flexibility index (Phi) is 8.35. The van der Waals surface area contributed by atoms with E-state index in [0.29, 0.717) is 0 Å². The monoisotopic (exact) mass is 321 g/mol. The Morgan fingerprint density at radius 1 is 1.09 bits per heavy atom. The lowest BCUT2D eigenvalue weighted by molar-refractivity contribution is -0.275. The third-order valence-corrected chi connectivity index (χ3v) is 1.85. The second-order valence-electron chi connectivity index (χ2n) is 3.36. The number of ether oxygens (including phenoxy) is 1. The van der Waals surface area contributed by atoms with Crippen molar-refractivity contribution < 1.29 is 27.4 Å². The van der Waals surface area contributed by atoms with Gasteiger partial charge in [-0.3, -0.25) is 4.79 Å². The molecule has 2 rings (SSSR count). The first-order valence-electron chi connectivity index (χ1n) is 6.16. The van der Waals surface area contributed by atoms with Gasteiger partial charge in [0.1, 0.15) is 0 Å². The molecular formula is C14H15F4NO3. The third-order valence-electron chi connectivity index (χ3n) is 1.85. The van der Waals surface area contributed by atoms with E-state index in [1.165, 1.54) is 6.07 Å². The van der Waals surface area contributed by atoms with Gasteiger partial charge in [-0.2, -0.15) is 4.39 Å². The number of rotatable bonds is 1. The van der Waals surface area contributed by atoms with Crippen LogP contribution in [0.15, 0.2) is 47.4 Å². The Labute approximate surface area is 124 Å². The molecule has 0 unspecified atom stereocenters. The summed E-state index contributed by atoms with van der Waals surface area (Å²) in [6.07, 6.45) is -3.36. The predicted molar refractivity (Wildman–Crippen MR) is 73.2 cm³/mol. The van der Waals surface area contributed by atoms with Crippen LogP contribution >= 0.6 is 0 Å². The number of pyridine rings is 1. The molecule has 1 heterocycles. The predicted octanol–water partition coefficient (Wildman–Crippen LogP) is 3.83. The topological polar surface area (TPSA) is 62.3 Å². The van der Waals surface area contributed by atoms with Crippen LogP contribution < -0.4 is 10.3 Å². The van der Waals surface area contributed by atoms with Crippen molar-refractivity contribution in [1.29, 1.82) is 0 Å². The Hall–Kier alpha value is -2.51. The highest BCUT2D eigenvalue weighted by atomic mass is 19.4. The maximum Gasteiger partial charge on any atom is 0.573 e. The summed E-state index contributed by atoms with van der Waals surface area (Å²) in [4.78, 5) is 12.7. The Morgan fingerprint density at radius 3 is 2.14 bits per heavy atom. The minimum Gasteiger partial charge on any atom is -0.505 e. The Bertz CT molecular complexity index is 594. The summed E-state index contributed by atoms with van der Waals surface area (Å²) in [7, 11) is 0. The van der Waals surface area contributed by atoms with E-state index in [2.05, 4.69) is 9.72 Å². The van der Waals surface area contributed by atoms with Crippen LogP contribution in [0.1, 0.15) is 13.8 Å². The van der Waals surface area contributed by atoms with Gasteiger partial charge in [0.25, 0.3) is 0 Å². The number of aromatic nitrogens is 1. The minimum absolute atomic E-state index is 0.0532. The molecule has 1 aromatic carbocycles. The largest absolute Gasteiger partial charge is 0.573 e. The fraction of sp³-hybridized carbons (Fsp3) is 0.214. The van der Waals surface area contributed by atoms with Crippen molar-refractivity contribution in [2.45, 2.75) is 20.2 Å².